The van der Waals surface area contributed by atoms with Crippen molar-refractivity contribution in [1.29, 1.82) is 0 Å². The Morgan fingerprint density at radius 1 is 1.46 bits per heavy atom. The molecule has 2 atom stereocenters. The molecule has 5 nitrogen and oxygen atoms in total. The Bertz CT molecular complexity index is 714. The maximum atomic E-state index is 12.4. The van der Waals surface area contributed by atoms with Crippen molar-refractivity contribution in [3.8, 4) is 10.4 Å². The van der Waals surface area contributed by atoms with Gasteiger partial charge in [0, 0.05) is 25.2 Å². The second-order valence-corrected chi connectivity index (χ2v) is 7.39. The van der Waals surface area contributed by atoms with Crippen molar-refractivity contribution in [3.63, 3.8) is 0 Å². The van der Waals surface area contributed by atoms with E-state index < -0.39 is 0 Å². The third-order valence-corrected chi connectivity index (χ3v) is 5.50. The largest absolute Gasteiger partial charge is 0.393 e. The molecule has 2 N–H and O–H groups in total. The molecular weight excluding hydrogens is 322 g/mol. The second kappa shape index (κ2) is 7.32. The van der Waals surface area contributed by atoms with Crippen molar-refractivity contribution in [1.82, 2.24) is 9.88 Å². The first kappa shape index (κ1) is 16.9. The van der Waals surface area contributed by atoms with E-state index in [2.05, 4.69) is 29.4 Å². The molecule has 2 amide bonds. The highest BCUT2D eigenvalue weighted by Crippen LogP contribution is 2.31. The summed E-state index contributed by atoms with van der Waals surface area (Å²) in [5, 5.41) is 13.3. The van der Waals surface area contributed by atoms with Crippen LogP contribution in [0.5, 0.6) is 0 Å². The van der Waals surface area contributed by atoms with E-state index in [4.69, 9.17) is 0 Å². The van der Waals surface area contributed by atoms with Gasteiger partial charge in [0.15, 0.2) is 5.13 Å². The van der Waals surface area contributed by atoms with E-state index in [-0.39, 0.29) is 18.1 Å². The molecule has 0 spiro atoms. The van der Waals surface area contributed by atoms with Gasteiger partial charge in [0.25, 0.3) is 0 Å². The number of carbonyl (C=O) groups is 1. The zero-order valence-electron chi connectivity index (χ0n) is 14.0. The number of urea groups is 1. The molecule has 2 unspecified atom stereocenters. The van der Waals surface area contributed by atoms with Gasteiger partial charge in [-0.2, -0.15) is 0 Å². The summed E-state index contributed by atoms with van der Waals surface area (Å²) in [7, 11) is 0. The lowest BCUT2D eigenvalue weighted by atomic mass is 9.94. The number of aliphatic hydroxyl groups excluding tert-OH is 1. The van der Waals surface area contributed by atoms with Gasteiger partial charge in [-0.05, 0) is 37.8 Å². The number of likely N-dealkylation sites (tertiary alicyclic amines) is 1. The van der Waals surface area contributed by atoms with Gasteiger partial charge in [0.2, 0.25) is 0 Å². The molecule has 128 valence electrons. The van der Waals surface area contributed by atoms with Crippen molar-refractivity contribution in [2.45, 2.75) is 32.8 Å². The number of carbonyl (C=O) groups excluding carboxylic acids is 1. The van der Waals surface area contributed by atoms with Crippen molar-refractivity contribution in [2.24, 2.45) is 5.92 Å². The van der Waals surface area contributed by atoms with Crippen LogP contribution in [0, 0.1) is 12.8 Å². The summed E-state index contributed by atoms with van der Waals surface area (Å²) in [6.45, 7) is 5.18. The summed E-state index contributed by atoms with van der Waals surface area (Å²) < 4.78 is 0. The summed E-state index contributed by atoms with van der Waals surface area (Å²) in [6, 6.07) is 8.01. The van der Waals surface area contributed by atoms with Gasteiger partial charge in [0.05, 0.1) is 11.0 Å². The zero-order valence-corrected chi connectivity index (χ0v) is 14.8. The summed E-state index contributed by atoms with van der Waals surface area (Å²) >= 11 is 1.48. The van der Waals surface area contributed by atoms with E-state index in [1.807, 2.05) is 12.1 Å². The Balaban J connectivity index is 1.66. The lowest BCUT2D eigenvalue weighted by Gasteiger charge is -2.33. The molecule has 0 aliphatic carbocycles. The number of hydrogen-bond acceptors (Lipinski definition) is 4. The fourth-order valence-corrected chi connectivity index (χ4v) is 3.96. The number of aliphatic hydroxyl groups is 1. The molecule has 2 aromatic rings. The first-order valence-electron chi connectivity index (χ1n) is 8.30. The molecule has 2 heterocycles. The number of benzene rings is 1. The predicted molar refractivity (Wildman–Crippen MR) is 97.3 cm³/mol. The maximum Gasteiger partial charge on any atom is 0.323 e. The molecule has 24 heavy (non-hydrogen) atoms. The highest BCUT2D eigenvalue weighted by molar-refractivity contribution is 7.19. The van der Waals surface area contributed by atoms with Gasteiger partial charge < -0.3 is 10.0 Å². The predicted octanol–water partition coefficient (Wildman–Crippen LogP) is 3.74. The SMILES string of the molecule is Cc1ccccc1-c1cnc(NC(=O)N2CCCC(C(C)O)C2)s1. The Kier molecular flexibility index (Phi) is 5.16. The van der Waals surface area contributed by atoms with E-state index in [1.165, 1.54) is 16.9 Å². The Hall–Kier alpha value is -1.92. The lowest BCUT2D eigenvalue weighted by Crippen LogP contribution is -2.44. The number of nitrogens with zero attached hydrogens (tertiary/aromatic N) is 2. The molecule has 1 fully saturated rings. The molecule has 1 aromatic heterocycles. The van der Waals surface area contributed by atoms with Crippen LogP contribution in [0.3, 0.4) is 0 Å². The highest BCUT2D eigenvalue weighted by atomic mass is 32.1. The minimum atomic E-state index is -0.381. The number of nitrogens with one attached hydrogen (secondary N) is 1. The monoisotopic (exact) mass is 345 g/mol. The van der Waals surface area contributed by atoms with E-state index in [9.17, 15) is 9.90 Å². The van der Waals surface area contributed by atoms with Crippen molar-refractivity contribution < 1.29 is 9.90 Å². The van der Waals surface area contributed by atoms with Gasteiger partial charge in [-0.3, -0.25) is 5.32 Å². The van der Waals surface area contributed by atoms with Crippen LogP contribution in [0.1, 0.15) is 25.3 Å². The molecule has 0 radical (unpaired) electrons. The molecule has 1 aromatic carbocycles. The molecule has 6 heteroatoms. The third kappa shape index (κ3) is 3.76. The molecule has 1 aliphatic heterocycles. The van der Waals surface area contributed by atoms with E-state index >= 15 is 0 Å². The van der Waals surface area contributed by atoms with Gasteiger partial charge in [-0.25, -0.2) is 9.78 Å². The highest BCUT2D eigenvalue weighted by Gasteiger charge is 2.26. The Morgan fingerprint density at radius 2 is 2.25 bits per heavy atom. The standard InChI is InChI=1S/C18H23N3O2S/c1-12-6-3-4-8-15(12)16-10-19-17(24-16)20-18(23)21-9-5-7-14(11-21)13(2)22/h3-4,6,8,10,13-14,22H,5,7,9,11H2,1-2H3,(H,19,20,23). The minimum absolute atomic E-state index is 0.133. The number of aryl methyl sites for hydroxylation is 1. The van der Waals surface area contributed by atoms with E-state index in [0.717, 1.165) is 29.8 Å². The van der Waals surface area contributed by atoms with Crippen molar-refractivity contribution in [3.05, 3.63) is 36.0 Å². The topological polar surface area (TPSA) is 65.5 Å². The lowest BCUT2D eigenvalue weighted by molar-refractivity contribution is 0.0766. The van der Waals surface area contributed by atoms with Crippen LogP contribution in [0.4, 0.5) is 9.93 Å². The number of hydrogen-bond donors (Lipinski definition) is 2. The average molecular weight is 345 g/mol. The van der Waals surface area contributed by atoms with Crippen LogP contribution in [0.25, 0.3) is 10.4 Å². The molecule has 3 rings (SSSR count). The average Bonchev–Trinajstić information content (AvgIpc) is 3.03. The quantitative estimate of drug-likeness (QED) is 0.890. The zero-order chi connectivity index (χ0) is 17.1. The number of amides is 2. The summed E-state index contributed by atoms with van der Waals surface area (Å²) in [6.07, 6.45) is 3.32. The fourth-order valence-electron chi connectivity index (χ4n) is 3.06. The first-order chi connectivity index (χ1) is 11.5. The van der Waals surface area contributed by atoms with Crippen LogP contribution in [0.2, 0.25) is 0 Å². The van der Waals surface area contributed by atoms with Gasteiger partial charge >= 0.3 is 6.03 Å². The van der Waals surface area contributed by atoms with Crippen molar-refractivity contribution in [2.75, 3.05) is 18.4 Å². The fraction of sp³-hybridized carbons (Fsp3) is 0.444. The maximum absolute atomic E-state index is 12.4. The normalized spacial score (nSPS) is 19.1. The first-order valence-corrected chi connectivity index (χ1v) is 9.12. The smallest absolute Gasteiger partial charge is 0.323 e. The number of piperidine rings is 1. The second-order valence-electron chi connectivity index (χ2n) is 6.36. The molecule has 0 saturated carbocycles. The summed E-state index contributed by atoms with van der Waals surface area (Å²) in [5.41, 5.74) is 2.33. The van der Waals surface area contributed by atoms with Crippen LogP contribution in [-0.2, 0) is 0 Å². The van der Waals surface area contributed by atoms with Crippen LogP contribution in [0.15, 0.2) is 30.5 Å². The minimum Gasteiger partial charge on any atom is -0.393 e. The molecule has 1 saturated heterocycles. The van der Waals surface area contributed by atoms with Gasteiger partial charge in [-0.15, -0.1) is 0 Å². The van der Waals surface area contributed by atoms with Crippen LogP contribution >= 0.6 is 11.3 Å². The Morgan fingerprint density at radius 3 is 3.00 bits per heavy atom. The molecule has 0 bridgehead atoms. The Labute approximate surface area is 146 Å². The molecule has 1 aliphatic rings. The third-order valence-electron chi connectivity index (χ3n) is 4.56. The van der Waals surface area contributed by atoms with Gasteiger partial charge in [0.1, 0.15) is 0 Å². The van der Waals surface area contributed by atoms with E-state index in [1.54, 1.807) is 18.0 Å². The number of thiazole rings is 1. The summed E-state index contributed by atoms with van der Waals surface area (Å²) in [4.78, 5) is 19.6. The molecular formula is C18H23N3O2S. The van der Waals surface area contributed by atoms with Crippen molar-refractivity contribution >= 4 is 22.5 Å². The van der Waals surface area contributed by atoms with Crippen LogP contribution < -0.4 is 5.32 Å². The van der Waals surface area contributed by atoms with Gasteiger partial charge in [-0.1, -0.05) is 35.6 Å². The summed E-state index contributed by atoms with van der Waals surface area (Å²) in [5.74, 6) is 0.156. The number of anilines is 1. The number of rotatable bonds is 3. The number of aromatic nitrogens is 1. The van der Waals surface area contributed by atoms with Crippen LogP contribution in [-0.4, -0.2) is 40.2 Å². The van der Waals surface area contributed by atoms with E-state index in [0.29, 0.717) is 11.7 Å².